The van der Waals surface area contributed by atoms with E-state index in [-0.39, 0.29) is 11.4 Å². The van der Waals surface area contributed by atoms with Crippen molar-refractivity contribution in [2.45, 2.75) is 38.6 Å². The van der Waals surface area contributed by atoms with Crippen molar-refractivity contribution >= 4 is 5.91 Å². The van der Waals surface area contributed by atoms with E-state index in [1.54, 1.807) is 6.20 Å². The molecule has 3 heterocycles. The molecule has 2 aliphatic rings. The van der Waals surface area contributed by atoms with E-state index < -0.39 is 0 Å². The molecule has 3 rings (SSSR count). The normalized spacial score (nSPS) is 22.1. The molecule has 2 fully saturated rings. The molecule has 1 spiro atoms. The Morgan fingerprint density at radius 3 is 2.74 bits per heavy atom. The Balaban J connectivity index is 1.82. The van der Waals surface area contributed by atoms with Crippen molar-refractivity contribution in [2.75, 3.05) is 39.4 Å². The molecule has 2 aliphatic heterocycles. The number of nitrogens with zero attached hydrogens (tertiary/aromatic N) is 3. The van der Waals surface area contributed by atoms with Gasteiger partial charge in [0.05, 0.1) is 5.56 Å². The number of rotatable bonds is 2. The summed E-state index contributed by atoms with van der Waals surface area (Å²) >= 11 is 0. The minimum atomic E-state index is 0.0806. The Hall–Kier alpha value is -1.46. The van der Waals surface area contributed by atoms with Gasteiger partial charge < -0.3 is 9.64 Å². The van der Waals surface area contributed by atoms with Crippen LogP contribution in [0, 0.1) is 6.92 Å². The van der Waals surface area contributed by atoms with Crippen LogP contribution in [-0.2, 0) is 4.74 Å². The highest BCUT2D eigenvalue weighted by Gasteiger charge is 2.41. The van der Waals surface area contributed by atoms with Gasteiger partial charge in [-0.05, 0) is 44.9 Å². The predicted octanol–water partition coefficient (Wildman–Crippen LogP) is 2.11. The Morgan fingerprint density at radius 2 is 2.09 bits per heavy atom. The fourth-order valence-electron chi connectivity index (χ4n) is 3.89. The molecule has 1 aromatic heterocycles. The third-order valence-corrected chi connectivity index (χ3v) is 5.26. The van der Waals surface area contributed by atoms with Crippen molar-refractivity contribution < 1.29 is 9.53 Å². The summed E-state index contributed by atoms with van der Waals surface area (Å²) in [6, 6.07) is 3.80. The highest BCUT2D eigenvalue weighted by Crippen LogP contribution is 2.31. The number of hydrogen-bond donors (Lipinski definition) is 0. The third kappa shape index (κ3) is 3.40. The highest BCUT2D eigenvalue weighted by atomic mass is 16.5. The monoisotopic (exact) mass is 317 g/mol. The van der Waals surface area contributed by atoms with Gasteiger partial charge in [-0.2, -0.15) is 0 Å². The minimum Gasteiger partial charge on any atom is -0.381 e. The molecule has 0 radical (unpaired) electrons. The maximum absolute atomic E-state index is 12.9. The second-order valence-corrected chi connectivity index (χ2v) is 6.68. The minimum absolute atomic E-state index is 0.0806. The van der Waals surface area contributed by atoms with Crippen molar-refractivity contribution in [3.63, 3.8) is 0 Å². The largest absolute Gasteiger partial charge is 0.381 e. The topological polar surface area (TPSA) is 45.7 Å². The molecule has 0 bridgehead atoms. The molecular formula is C18H27N3O2. The molecule has 0 aliphatic carbocycles. The zero-order valence-electron chi connectivity index (χ0n) is 14.3. The van der Waals surface area contributed by atoms with Crippen molar-refractivity contribution in [3.8, 4) is 0 Å². The van der Waals surface area contributed by atoms with Crippen molar-refractivity contribution in [2.24, 2.45) is 0 Å². The Labute approximate surface area is 138 Å². The zero-order valence-corrected chi connectivity index (χ0v) is 14.3. The zero-order chi connectivity index (χ0) is 16.3. The summed E-state index contributed by atoms with van der Waals surface area (Å²) in [5.41, 5.74) is 1.72. The fraction of sp³-hybridized carbons (Fsp3) is 0.667. The third-order valence-electron chi connectivity index (χ3n) is 5.26. The molecule has 5 heteroatoms. The lowest BCUT2D eigenvalue weighted by atomic mass is 9.87. The molecule has 0 atom stereocenters. The molecule has 126 valence electrons. The van der Waals surface area contributed by atoms with Crippen molar-refractivity contribution in [3.05, 3.63) is 29.6 Å². The van der Waals surface area contributed by atoms with E-state index in [2.05, 4.69) is 16.8 Å². The van der Waals surface area contributed by atoms with Crippen LogP contribution in [0.5, 0.6) is 0 Å². The van der Waals surface area contributed by atoms with E-state index in [0.29, 0.717) is 5.56 Å². The van der Waals surface area contributed by atoms with Crippen LogP contribution in [0.15, 0.2) is 18.3 Å². The first kappa shape index (κ1) is 16.4. The van der Waals surface area contributed by atoms with Gasteiger partial charge in [0.15, 0.2) is 0 Å². The lowest BCUT2D eigenvalue weighted by molar-refractivity contribution is -0.0307. The van der Waals surface area contributed by atoms with Gasteiger partial charge in [0.1, 0.15) is 0 Å². The molecule has 2 saturated heterocycles. The quantitative estimate of drug-likeness (QED) is 0.838. The average molecular weight is 317 g/mol. The van der Waals surface area contributed by atoms with E-state index in [1.807, 2.05) is 24.0 Å². The van der Waals surface area contributed by atoms with Gasteiger partial charge in [-0.25, -0.2) is 0 Å². The van der Waals surface area contributed by atoms with E-state index in [1.165, 1.54) is 0 Å². The predicted molar refractivity (Wildman–Crippen MR) is 89.5 cm³/mol. The first-order valence-electron chi connectivity index (χ1n) is 8.69. The molecule has 1 aromatic rings. The van der Waals surface area contributed by atoms with Crippen molar-refractivity contribution in [1.82, 2.24) is 14.8 Å². The van der Waals surface area contributed by atoms with Gasteiger partial charge >= 0.3 is 0 Å². The van der Waals surface area contributed by atoms with Crippen LogP contribution in [0.4, 0.5) is 0 Å². The first-order chi connectivity index (χ1) is 11.1. The van der Waals surface area contributed by atoms with E-state index in [0.717, 1.165) is 64.3 Å². The van der Waals surface area contributed by atoms with Crippen LogP contribution >= 0.6 is 0 Å². The van der Waals surface area contributed by atoms with Crippen LogP contribution in [0.1, 0.15) is 42.2 Å². The van der Waals surface area contributed by atoms with Crippen LogP contribution < -0.4 is 0 Å². The van der Waals surface area contributed by atoms with Crippen molar-refractivity contribution in [1.29, 1.82) is 0 Å². The molecule has 0 saturated carbocycles. The second kappa shape index (κ2) is 6.97. The number of hydrogen-bond acceptors (Lipinski definition) is 4. The first-order valence-corrected chi connectivity index (χ1v) is 8.69. The number of likely N-dealkylation sites (N-methyl/N-ethyl adjacent to an activating group) is 1. The summed E-state index contributed by atoms with van der Waals surface area (Å²) in [4.78, 5) is 21.8. The van der Waals surface area contributed by atoms with E-state index in [4.69, 9.17) is 4.74 Å². The Kier molecular flexibility index (Phi) is 4.97. The SMILES string of the molecule is CCN1CCCN(C(=O)c2ccc(C)nc2)CC12CCOCC2. The number of aromatic nitrogens is 1. The van der Waals surface area contributed by atoms with Gasteiger partial charge in [-0.15, -0.1) is 0 Å². The van der Waals surface area contributed by atoms with Gasteiger partial charge in [0.2, 0.25) is 0 Å². The highest BCUT2D eigenvalue weighted by molar-refractivity contribution is 5.94. The van der Waals surface area contributed by atoms with Gasteiger partial charge in [0, 0.05) is 50.3 Å². The molecule has 1 amide bonds. The standard InChI is InChI=1S/C18H27N3O2/c1-3-21-10-4-9-20(14-18(21)7-11-23-12-8-18)17(22)16-6-5-15(2)19-13-16/h5-6,13H,3-4,7-12,14H2,1-2H3. The number of pyridine rings is 1. The summed E-state index contributed by atoms with van der Waals surface area (Å²) in [6.45, 7) is 9.48. The summed E-state index contributed by atoms with van der Waals surface area (Å²) < 4.78 is 5.58. The number of carbonyl (C=O) groups is 1. The molecule has 0 N–H and O–H groups in total. The number of amides is 1. The number of carbonyl (C=O) groups excluding carboxylic acids is 1. The number of aryl methyl sites for hydroxylation is 1. The summed E-state index contributed by atoms with van der Waals surface area (Å²) in [6.07, 6.45) is 4.76. The summed E-state index contributed by atoms with van der Waals surface area (Å²) in [5, 5.41) is 0. The van der Waals surface area contributed by atoms with Gasteiger partial charge in [-0.3, -0.25) is 14.7 Å². The Morgan fingerprint density at radius 1 is 1.30 bits per heavy atom. The molecule has 0 aromatic carbocycles. The van der Waals surface area contributed by atoms with Crippen LogP contribution in [0.3, 0.4) is 0 Å². The van der Waals surface area contributed by atoms with E-state index in [9.17, 15) is 4.79 Å². The maximum atomic E-state index is 12.9. The summed E-state index contributed by atoms with van der Waals surface area (Å²) in [5.74, 6) is 0.112. The van der Waals surface area contributed by atoms with Crippen LogP contribution in [0.25, 0.3) is 0 Å². The lowest BCUT2D eigenvalue weighted by Gasteiger charge is -2.46. The van der Waals surface area contributed by atoms with Crippen LogP contribution in [-0.4, -0.2) is 65.6 Å². The number of ether oxygens (including phenoxy) is 1. The van der Waals surface area contributed by atoms with E-state index >= 15 is 0 Å². The second-order valence-electron chi connectivity index (χ2n) is 6.68. The van der Waals surface area contributed by atoms with Gasteiger partial charge in [0.25, 0.3) is 5.91 Å². The Bertz CT molecular complexity index is 538. The maximum Gasteiger partial charge on any atom is 0.255 e. The van der Waals surface area contributed by atoms with Crippen LogP contribution in [0.2, 0.25) is 0 Å². The lowest BCUT2D eigenvalue weighted by Crippen LogP contribution is -2.57. The fourth-order valence-corrected chi connectivity index (χ4v) is 3.89. The molecule has 23 heavy (non-hydrogen) atoms. The summed E-state index contributed by atoms with van der Waals surface area (Å²) in [7, 11) is 0. The van der Waals surface area contributed by atoms with Gasteiger partial charge in [-0.1, -0.05) is 6.92 Å². The smallest absolute Gasteiger partial charge is 0.255 e. The average Bonchev–Trinajstić information content (AvgIpc) is 2.75. The molecule has 5 nitrogen and oxygen atoms in total. The molecular weight excluding hydrogens is 290 g/mol. The molecule has 0 unspecified atom stereocenters.